The van der Waals surface area contributed by atoms with Crippen LogP contribution >= 0.6 is 22.9 Å². The van der Waals surface area contributed by atoms with Crippen molar-refractivity contribution in [2.24, 2.45) is 0 Å². The summed E-state index contributed by atoms with van der Waals surface area (Å²) < 4.78 is 5.13. The molecule has 27 heavy (non-hydrogen) atoms. The molecule has 0 unspecified atom stereocenters. The van der Waals surface area contributed by atoms with Gasteiger partial charge in [-0.25, -0.2) is 4.98 Å². The Kier molecular flexibility index (Phi) is 6.05. The normalized spacial score (nSPS) is 10.3. The van der Waals surface area contributed by atoms with E-state index in [1.165, 1.54) is 11.3 Å². The lowest BCUT2D eigenvalue weighted by atomic mass is 10.2. The van der Waals surface area contributed by atoms with Crippen LogP contribution in [0.4, 0.5) is 10.8 Å². The van der Waals surface area contributed by atoms with Crippen LogP contribution in [-0.2, 0) is 11.2 Å². The van der Waals surface area contributed by atoms with Crippen molar-refractivity contribution in [1.29, 1.82) is 0 Å². The van der Waals surface area contributed by atoms with Crippen LogP contribution in [0.1, 0.15) is 16.1 Å². The average Bonchev–Trinajstić information content (AvgIpc) is 3.08. The van der Waals surface area contributed by atoms with Gasteiger partial charge < -0.3 is 10.1 Å². The van der Waals surface area contributed by atoms with Gasteiger partial charge in [0.25, 0.3) is 5.91 Å². The maximum absolute atomic E-state index is 12.2. The van der Waals surface area contributed by atoms with E-state index >= 15 is 0 Å². The van der Waals surface area contributed by atoms with Crippen molar-refractivity contribution in [3.05, 3.63) is 70.2 Å². The molecule has 1 aromatic heterocycles. The van der Waals surface area contributed by atoms with Crippen LogP contribution in [0.2, 0.25) is 5.02 Å². The number of nitrogens with zero attached hydrogens (tertiary/aromatic N) is 1. The Morgan fingerprint density at radius 1 is 1.15 bits per heavy atom. The Morgan fingerprint density at radius 2 is 1.93 bits per heavy atom. The zero-order valence-electron chi connectivity index (χ0n) is 14.4. The molecular formula is C19H16ClN3O3S. The lowest BCUT2D eigenvalue weighted by Gasteiger charge is -2.06. The molecule has 2 amide bonds. The minimum absolute atomic E-state index is 0.102. The highest BCUT2D eigenvalue weighted by atomic mass is 35.5. The van der Waals surface area contributed by atoms with Gasteiger partial charge in [0.05, 0.1) is 19.2 Å². The van der Waals surface area contributed by atoms with Crippen LogP contribution in [-0.4, -0.2) is 23.9 Å². The third-order valence-corrected chi connectivity index (χ3v) is 4.63. The molecule has 3 aromatic rings. The van der Waals surface area contributed by atoms with E-state index in [1.807, 2.05) is 0 Å². The second-order valence-corrected chi connectivity index (χ2v) is 6.86. The number of benzene rings is 2. The molecule has 2 N–H and O–H groups in total. The maximum atomic E-state index is 12.2. The molecule has 0 bridgehead atoms. The highest BCUT2D eigenvalue weighted by Gasteiger charge is 2.12. The number of aromatic nitrogens is 1. The first-order chi connectivity index (χ1) is 13.0. The Bertz CT molecular complexity index is 957. The van der Waals surface area contributed by atoms with E-state index in [0.29, 0.717) is 32.8 Å². The summed E-state index contributed by atoms with van der Waals surface area (Å²) in [5.74, 6) is 0.172. The topological polar surface area (TPSA) is 80.3 Å². The van der Waals surface area contributed by atoms with Gasteiger partial charge in [0.1, 0.15) is 5.75 Å². The molecule has 0 aliphatic rings. The molecule has 0 spiro atoms. The van der Waals surface area contributed by atoms with Crippen LogP contribution in [0, 0.1) is 0 Å². The lowest BCUT2D eigenvalue weighted by molar-refractivity contribution is -0.115. The van der Waals surface area contributed by atoms with Crippen molar-refractivity contribution in [1.82, 2.24) is 4.98 Å². The molecule has 0 saturated heterocycles. The number of anilines is 2. The molecule has 0 aliphatic heterocycles. The minimum Gasteiger partial charge on any atom is -0.497 e. The zero-order valence-corrected chi connectivity index (χ0v) is 15.9. The fourth-order valence-corrected chi connectivity index (χ4v) is 3.12. The quantitative estimate of drug-likeness (QED) is 0.647. The van der Waals surface area contributed by atoms with Crippen LogP contribution in [0.3, 0.4) is 0 Å². The van der Waals surface area contributed by atoms with Crippen LogP contribution in [0.25, 0.3) is 0 Å². The Hall–Kier alpha value is -2.90. The van der Waals surface area contributed by atoms with Crippen molar-refractivity contribution < 1.29 is 14.3 Å². The van der Waals surface area contributed by atoms with Crippen LogP contribution < -0.4 is 15.4 Å². The number of carbonyl (C=O) groups is 2. The molecule has 0 aliphatic carbocycles. The van der Waals surface area contributed by atoms with Crippen molar-refractivity contribution in [3.8, 4) is 5.75 Å². The molecule has 8 heteroatoms. The number of methoxy groups -OCH3 is 1. The molecule has 0 saturated carbocycles. The number of nitrogens with one attached hydrogen (secondary N) is 2. The summed E-state index contributed by atoms with van der Waals surface area (Å²) in [6, 6.07) is 13.7. The number of carbonyl (C=O) groups excluding carboxylic acids is 2. The summed E-state index contributed by atoms with van der Waals surface area (Å²) in [5, 5.41) is 8.23. The standard InChI is InChI=1S/C19H16ClN3O3S/c1-26-16-4-2-3-14(9-16)21-17(24)10-15-11-27-19(22-15)23-18(25)12-5-7-13(20)8-6-12/h2-9,11H,10H2,1H3,(H,21,24)(H,22,23,25). The van der Waals surface area contributed by atoms with E-state index in [4.69, 9.17) is 16.3 Å². The summed E-state index contributed by atoms with van der Waals surface area (Å²) in [4.78, 5) is 28.6. The lowest BCUT2D eigenvalue weighted by Crippen LogP contribution is -2.15. The molecule has 0 fully saturated rings. The van der Waals surface area contributed by atoms with E-state index in [2.05, 4.69) is 15.6 Å². The smallest absolute Gasteiger partial charge is 0.257 e. The molecule has 0 radical (unpaired) electrons. The van der Waals surface area contributed by atoms with Gasteiger partial charge in [0.2, 0.25) is 5.91 Å². The second kappa shape index (κ2) is 8.66. The Morgan fingerprint density at radius 3 is 2.67 bits per heavy atom. The maximum Gasteiger partial charge on any atom is 0.257 e. The highest BCUT2D eigenvalue weighted by Crippen LogP contribution is 2.19. The van der Waals surface area contributed by atoms with E-state index in [-0.39, 0.29) is 18.2 Å². The van der Waals surface area contributed by atoms with Gasteiger partial charge in [-0.1, -0.05) is 17.7 Å². The molecule has 3 rings (SSSR count). The highest BCUT2D eigenvalue weighted by molar-refractivity contribution is 7.14. The Labute approximate surface area is 165 Å². The van der Waals surface area contributed by atoms with Crippen molar-refractivity contribution >= 4 is 45.6 Å². The monoisotopic (exact) mass is 401 g/mol. The van der Waals surface area contributed by atoms with Crippen LogP contribution in [0.5, 0.6) is 5.75 Å². The van der Waals surface area contributed by atoms with E-state index < -0.39 is 0 Å². The minimum atomic E-state index is -0.284. The molecule has 0 atom stereocenters. The van der Waals surface area contributed by atoms with Gasteiger partial charge in [0.15, 0.2) is 5.13 Å². The number of rotatable bonds is 6. The molecule has 6 nitrogen and oxygen atoms in total. The molecule has 2 aromatic carbocycles. The van der Waals surface area contributed by atoms with Crippen molar-refractivity contribution in [2.75, 3.05) is 17.7 Å². The summed E-state index contributed by atoms with van der Waals surface area (Å²) >= 11 is 7.08. The van der Waals surface area contributed by atoms with E-state index in [9.17, 15) is 9.59 Å². The molecular weight excluding hydrogens is 386 g/mol. The summed E-state index contributed by atoms with van der Waals surface area (Å²) in [7, 11) is 1.57. The molecule has 138 valence electrons. The van der Waals surface area contributed by atoms with Gasteiger partial charge in [-0.2, -0.15) is 0 Å². The largest absolute Gasteiger partial charge is 0.497 e. The second-order valence-electron chi connectivity index (χ2n) is 5.56. The summed E-state index contributed by atoms with van der Waals surface area (Å²) in [5.41, 5.74) is 1.70. The number of hydrogen-bond donors (Lipinski definition) is 2. The first kappa shape index (κ1) is 18.9. The number of halogens is 1. The fraction of sp³-hybridized carbons (Fsp3) is 0.105. The fourth-order valence-electron chi connectivity index (χ4n) is 2.29. The third kappa shape index (κ3) is 5.29. The first-order valence-corrected chi connectivity index (χ1v) is 9.24. The van der Waals surface area contributed by atoms with Gasteiger partial charge in [0, 0.05) is 27.7 Å². The molecule has 1 heterocycles. The summed E-state index contributed by atoms with van der Waals surface area (Å²) in [6.45, 7) is 0. The summed E-state index contributed by atoms with van der Waals surface area (Å²) in [6.07, 6.45) is 0.102. The Balaban J connectivity index is 1.57. The van der Waals surface area contributed by atoms with E-state index in [0.717, 1.165) is 0 Å². The van der Waals surface area contributed by atoms with Gasteiger partial charge in [-0.3, -0.25) is 14.9 Å². The zero-order chi connectivity index (χ0) is 19.2. The van der Waals surface area contributed by atoms with Gasteiger partial charge in [-0.15, -0.1) is 11.3 Å². The number of thiazole rings is 1. The number of amides is 2. The van der Waals surface area contributed by atoms with Gasteiger partial charge in [-0.05, 0) is 36.4 Å². The van der Waals surface area contributed by atoms with E-state index in [1.54, 1.807) is 61.0 Å². The van der Waals surface area contributed by atoms with Gasteiger partial charge >= 0.3 is 0 Å². The predicted molar refractivity (Wildman–Crippen MR) is 107 cm³/mol. The third-order valence-electron chi connectivity index (χ3n) is 3.57. The number of hydrogen-bond acceptors (Lipinski definition) is 5. The SMILES string of the molecule is COc1cccc(NC(=O)Cc2csc(NC(=O)c3ccc(Cl)cc3)n2)c1. The number of ether oxygens (including phenoxy) is 1. The van der Waals surface area contributed by atoms with Crippen molar-refractivity contribution in [3.63, 3.8) is 0 Å². The average molecular weight is 402 g/mol. The first-order valence-electron chi connectivity index (χ1n) is 7.99. The predicted octanol–water partition coefficient (Wildman–Crippen LogP) is 4.24. The van der Waals surface area contributed by atoms with Crippen LogP contribution in [0.15, 0.2) is 53.9 Å². The van der Waals surface area contributed by atoms with Crippen molar-refractivity contribution in [2.45, 2.75) is 6.42 Å².